The minimum absolute atomic E-state index is 0.0482. The topological polar surface area (TPSA) is 79.3 Å². The van der Waals surface area contributed by atoms with E-state index in [2.05, 4.69) is 0 Å². The van der Waals surface area contributed by atoms with Crippen molar-refractivity contribution in [3.8, 4) is 11.5 Å². The zero-order chi connectivity index (χ0) is 19.0. The number of rotatable bonds is 6. The number of aliphatic hydroxyl groups is 1. The van der Waals surface area contributed by atoms with Crippen molar-refractivity contribution >= 4 is 17.5 Å². The summed E-state index contributed by atoms with van der Waals surface area (Å²) in [5.74, 6) is 0.642. The SMILES string of the molecule is CCN(CC(O)CN1C(=O)c2ccccc2C1=O)c1ccc2c(c1)OCO2. The number of carbonyl (C=O) groups is 2. The van der Waals surface area contributed by atoms with Crippen LogP contribution in [0.25, 0.3) is 0 Å². The predicted octanol–water partition coefficient (Wildman–Crippen LogP) is 1.90. The van der Waals surface area contributed by atoms with E-state index < -0.39 is 6.10 Å². The Morgan fingerprint density at radius 1 is 1.07 bits per heavy atom. The van der Waals surface area contributed by atoms with Crippen molar-refractivity contribution in [1.29, 1.82) is 0 Å². The number of ether oxygens (including phenoxy) is 2. The Morgan fingerprint density at radius 2 is 1.74 bits per heavy atom. The number of hydrogen-bond donors (Lipinski definition) is 1. The molecular formula is C20H20N2O5. The van der Waals surface area contributed by atoms with Gasteiger partial charge in [0.15, 0.2) is 11.5 Å². The van der Waals surface area contributed by atoms with E-state index in [0.717, 1.165) is 10.6 Å². The second-order valence-corrected chi connectivity index (χ2v) is 6.50. The smallest absolute Gasteiger partial charge is 0.261 e. The molecule has 4 rings (SSSR count). The number of hydrogen-bond acceptors (Lipinski definition) is 6. The fourth-order valence-corrected chi connectivity index (χ4v) is 3.43. The number of carbonyl (C=O) groups excluding carboxylic acids is 2. The van der Waals surface area contributed by atoms with Gasteiger partial charge >= 0.3 is 0 Å². The standard InChI is InChI=1S/C20H20N2O5/c1-2-21(13-7-8-17-18(9-13)27-12-26-17)10-14(23)11-22-19(24)15-5-3-4-6-16(15)20(22)25/h3-9,14,23H,2,10-12H2,1H3. The molecule has 0 radical (unpaired) electrons. The molecule has 1 N–H and O–H groups in total. The van der Waals surface area contributed by atoms with Crippen LogP contribution in [-0.2, 0) is 0 Å². The number of likely N-dealkylation sites (N-methyl/N-ethyl adjacent to an activating group) is 1. The van der Waals surface area contributed by atoms with Crippen LogP contribution in [0.15, 0.2) is 42.5 Å². The number of anilines is 1. The number of aliphatic hydroxyl groups excluding tert-OH is 1. The zero-order valence-corrected chi connectivity index (χ0v) is 14.9. The summed E-state index contributed by atoms with van der Waals surface area (Å²) in [6.07, 6.45) is -0.877. The largest absolute Gasteiger partial charge is 0.454 e. The highest BCUT2D eigenvalue weighted by molar-refractivity contribution is 6.21. The van der Waals surface area contributed by atoms with Crippen molar-refractivity contribution < 1.29 is 24.2 Å². The van der Waals surface area contributed by atoms with Gasteiger partial charge in [-0.3, -0.25) is 14.5 Å². The van der Waals surface area contributed by atoms with Crippen LogP contribution in [0.5, 0.6) is 11.5 Å². The van der Waals surface area contributed by atoms with E-state index in [-0.39, 0.29) is 31.7 Å². The molecule has 0 bridgehead atoms. The quantitative estimate of drug-likeness (QED) is 0.785. The zero-order valence-electron chi connectivity index (χ0n) is 14.9. The summed E-state index contributed by atoms with van der Waals surface area (Å²) >= 11 is 0. The lowest BCUT2D eigenvalue weighted by molar-refractivity contribution is 0.0551. The van der Waals surface area contributed by atoms with Gasteiger partial charge in [-0.15, -0.1) is 0 Å². The van der Waals surface area contributed by atoms with Crippen LogP contribution in [-0.4, -0.2) is 54.4 Å². The van der Waals surface area contributed by atoms with Gasteiger partial charge in [-0.05, 0) is 31.2 Å². The van der Waals surface area contributed by atoms with Crippen LogP contribution in [0.1, 0.15) is 27.6 Å². The summed E-state index contributed by atoms with van der Waals surface area (Å²) in [5, 5.41) is 10.5. The number of β-amino-alcohol motifs (C(OH)–C–C–N with tert-alkyl or cyclic N) is 1. The lowest BCUT2D eigenvalue weighted by Crippen LogP contribution is -2.42. The van der Waals surface area contributed by atoms with E-state index in [9.17, 15) is 14.7 Å². The third kappa shape index (κ3) is 3.10. The molecule has 2 aromatic carbocycles. The molecule has 0 saturated heterocycles. The van der Waals surface area contributed by atoms with Crippen LogP contribution in [0.4, 0.5) is 5.69 Å². The van der Waals surface area contributed by atoms with Crippen molar-refractivity contribution in [3.05, 3.63) is 53.6 Å². The molecule has 2 aliphatic rings. The molecule has 1 unspecified atom stereocenters. The lowest BCUT2D eigenvalue weighted by atomic mass is 10.1. The summed E-state index contributed by atoms with van der Waals surface area (Å²) < 4.78 is 10.7. The minimum Gasteiger partial charge on any atom is -0.454 e. The first-order valence-corrected chi connectivity index (χ1v) is 8.86. The van der Waals surface area contributed by atoms with Crippen molar-refractivity contribution in [1.82, 2.24) is 4.90 Å². The van der Waals surface area contributed by atoms with Gasteiger partial charge in [0.05, 0.1) is 23.8 Å². The molecule has 2 heterocycles. The molecule has 2 amide bonds. The van der Waals surface area contributed by atoms with Gasteiger partial charge in [0.2, 0.25) is 6.79 Å². The van der Waals surface area contributed by atoms with E-state index >= 15 is 0 Å². The molecule has 7 nitrogen and oxygen atoms in total. The van der Waals surface area contributed by atoms with E-state index in [1.165, 1.54) is 0 Å². The highest BCUT2D eigenvalue weighted by Gasteiger charge is 2.36. The van der Waals surface area contributed by atoms with Crippen LogP contribution < -0.4 is 14.4 Å². The first-order chi connectivity index (χ1) is 13.1. The number of fused-ring (bicyclic) bond motifs is 2. The maximum absolute atomic E-state index is 12.4. The molecule has 1 atom stereocenters. The first-order valence-electron chi connectivity index (χ1n) is 8.86. The Morgan fingerprint density at radius 3 is 2.41 bits per heavy atom. The summed E-state index contributed by atoms with van der Waals surface area (Å²) in [6, 6.07) is 12.3. The number of nitrogens with zero attached hydrogens (tertiary/aromatic N) is 2. The average molecular weight is 368 g/mol. The van der Waals surface area contributed by atoms with Crippen LogP contribution >= 0.6 is 0 Å². The Kier molecular flexibility index (Phi) is 4.45. The summed E-state index contributed by atoms with van der Waals surface area (Å²) in [7, 11) is 0. The van der Waals surface area contributed by atoms with Gasteiger partial charge in [-0.1, -0.05) is 12.1 Å². The molecule has 140 valence electrons. The second-order valence-electron chi connectivity index (χ2n) is 6.50. The average Bonchev–Trinajstić information content (AvgIpc) is 3.25. The third-order valence-electron chi connectivity index (χ3n) is 4.81. The van der Waals surface area contributed by atoms with Gasteiger partial charge < -0.3 is 19.5 Å². The molecule has 0 fully saturated rings. The maximum Gasteiger partial charge on any atom is 0.261 e. The van der Waals surface area contributed by atoms with Gasteiger partial charge in [0, 0.05) is 24.8 Å². The molecule has 2 aromatic rings. The Bertz CT molecular complexity index is 863. The highest BCUT2D eigenvalue weighted by atomic mass is 16.7. The molecular weight excluding hydrogens is 348 g/mol. The maximum atomic E-state index is 12.4. The highest BCUT2D eigenvalue weighted by Crippen LogP contribution is 2.35. The first kappa shape index (κ1) is 17.4. The van der Waals surface area contributed by atoms with Crippen LogP contribution in [0.2, 0.25) is 0 Å². The van der Waals surface area contributed by atoms with Gasteiger partial charge in [-0.25, -0.2) is 0 Å². The van der Waals surface area contributed by atoms with E-state index in [0.29, 0.717) is 29.2 Å². The fourth-order valence-electron chi connectivity index (χ4n) is 3.43. The molecule has 0 saturated carbocycles. The number of imide groups is 1. The molecule has 0 aliphatic carbocycles. The van der Waals surface area contributed by atoms with Gasteiger partial charge in [-0.2, -0.15) is 0 Å². The normalized spacial score (nSPS) is 15.9. The van der Waals surface area contributed by atoms with E-state index in [4.69, 9.17) is 9.47 Å². The van der Waals surface area contributed by atoms with Crippen LogP contribution in [0, 0.1) is 0 Å². The molecule has 7 heteroatoms. The summed E-state index contributed by atoms with van der Waals surface area (Å²) in [4.78, 5) is 28.0. The van der Waals surface area contributed by atoms with Crippen LogP contribution in [0.3, 0.4) is 0 Å². The predicted molar refractivity (Wildman–Crippen MR) is 98.3 cm³/mol. The lowest BCUT2D eigenvalue weighted by Gasteiger charge is -2.27. The van der Waals surface area contributed by atoms with E-state index in [1.54, 1.807) is 24.3 Å². The Labute approximate surface area is 156 Å². The second kappa shape index (κ2) is 6.92. The minimum atomic E-state index is -0.877. The van der Waals surface area contributed by atoms with Crippen molar-refractivity contribution in [2.45, 2.75) is 13.0 Å². The van der Waals surface area contributed by atoms with Gasteiger partial charge in [0.25, 0.3) is 11.8 Å². The molecule has 0 spiro atoms. The Hall–Kier alpha value is -3.06. The van der Waals surface area contributed by atoms with Crippen molar-refractivity contribution in [2.24, 2.45) is 0 Å². The molecule has 2 aliphatic heterocycles. The summed E-state index contributed by atoms with van der Waals surface area (Å²) in [6.45, 7) is 3.06. The number of benzene rings is 2. The number of amides is 2. The van der Waals surface area contributed by atoms with Crippen molar-refractivity contribution in [3.63, 3.8) is 0 Å². The summed E-state index contributed by atoms with van der Waals surface area (Å²) in [5.41, 5.74) is 1.65. The van der Waals surface area contributed by atoms with E-state index in [1.807, 2.05) is 30.0 Å². The third-order valence-corrected chi connectivity index (χ3v) is 4.81. The monoisotopic (exact) mass is 368 g/mol. The molecule has 27 heavy (non-hydrogen) atoms. The van der Waals surface area contributed by atoms with Crippen molar-refractivity contribution in [2.75, 3.05) is 31.3 Å². The fraction of sp³-hybridized carbons (Fsp3) is 0.300. The molecule has 0 aromatic heterocycles. The van der Waals surface area contributed by atoms with Gasteiger partial charge in [0.1, 0.15) is 0 Å². The Balaban J connectivity index is 1.45.